The number of benzene rings is 3. The molecule has 1 amide bonds. The predicted octanol–water partition coefficient (Wildman–Crippen LogP) is 4.89. The van der Waals surface area contributed by atoms with Gasteiger partial charge in [0.25, 0.3) is 0 Å². The van der Waals surface area contributed by atoms with Gasteiger partial charge in [0.2, 0.25) is 5.91 Å². The van der Waals surface area contributed by atoms with E-state index in [1.807, 2.05) is 23.1 Å². The molecule has 6 heteroatoms. The fourth-order valence-electron chi connectivity index (χ4n) is 5.52. The van der Waals surface area contributed by atoms with Crippen LogP contribution >= 0.6 is 0 Å². The zero-order chi connectivity index (χ0) is 24.9. The predicted molar refractivity (Wildman–Crippen MR) is 145 cm³/mol. The van der Waals surface area contributed by atoms with Gasteiger partial charge >= 0.3 is 0 Å². The van der Waals surface area contributed by atoms with Crippen LogP contribution in [-0.2, 0) is 22.5 Å². The molecule has 2 atom stereocenters. The van der Waals surface area contributed by atoms with Gasteiger partial charge in [-0.15, -0.1) is 0 Å². The first kappa shape index (κ1) is 24.5. The molecule has 5 rings (SSSR count). The summed E-state index contributed by atoms with van der Waals surface area (Å²) in [7, 11) is 1.74. The van der Waals surface area contributed by atoms with E-state index < -0.39 is 0 Å². The standard InChI is InChI=1S/C30H36N4O2/c1-36-17-7-16-34-28-12-5-4-11-27(28)32-30(34)25-10-6-15-33(21-25)29(35)20-26(31)19-22-13-14-23-8-2-3-9-24(23)18-22/h2-5,8-9,11-14,18,25-26H,6-7,10,15-17,19-21,31H2,1H3/t25-,26-/m1/s1. The molecule has 1 aromatic heterocycles. The molecule has 0 spiro atoms. The minimum Gasteiger partial charge on any atom is -0.385 e. The summed E-state index contributed by atoms with van der Waals surface area (Å²) in [5, 5.41) is 2.43. The Balaban J connectivity index is 1.25. The first-order valence-electron chi connectivity index (χ1n) is 13.1. The molecule has 3 aromatic carbocycles. The molecule has 2 heterocycles. The van der Waals surface area contributed by atoms with Gasteiger partial charge in [-0.05, 0) is 54.2 Å². The molecule has 0 saturated carbocycles. The van der Waals surface area contributed by atoms with Gasteiger partial charge in [0.1, 0.15) is 5.82 Å². The zero-order valence-corrected chi connectivity index (χ0v) is 21.1. The molecule has 1 fully saturated rings. The fourth-order valence-corrected chi connectivity index (χ4v) is 5.52. The number of piperidine rings is 1. The molecular weight excluding hydrogens is 448 g/mol. The molecule has 36 heavy (non-hydrogen) atoms. The summed E-state index contributed by atoms with van der Waals surface area (Å²) in [6.45, 7) is 3.08. The summed E-state index contributed by atoms with van der Waals surface area (Å²) < 4.78 is 7.62. The lowest BCUT2D eigenvalue weighted by Gasteiger charge is -2.33. The van der Waals surface area contributed by atoms with Crippen molar-refractivity contribution in [2.45, 2.75) is 50.6 Å². The second kappa shape index (κ2) is 11.2. The molecule has 2 N–H and O–H groups in total. The maximum absolute atomic E-state index is 13.3. The van der Waals surface area contributed by atoms with Crippen LogP contribution in [-0.4, -0.2) is 53.2 Å². The lowest BCUT2D eigenvalue weighted by molar-refractivity contribution is -0.132. The van der Waals surface area contributed by atoms with E-state index in [4.69, 9.17) is 15.5 Å². The Labute approximate surface area is 213 Å². The zero-order valence-electron chi connectivity index (χ0n) is 21.1. The Morgan fingerprint density at radius 2 is 1.92 bits per heavy atom. The summed E-state index contributed by atoms with van der Waals surface area (Å²) >= 11 is 0. The summed E-state index contributed by atoms with van der Waals surface area (Å²) in [5.41, 5.74) is 9.82. The van der Waals surface area contributed by atoms with Gasteiger partial charge in [-0.3, -0.25) is 4.79 Å². The summed E-state index contributed by atoms with van der Waals surface area (Å²) in [6, 6.07) is 22.9. The van der Waals surface area contributed by atoms with Gasteiger partial charge in [0.05, 0.1) is 11.0 Å². The van der Waals surface area contributed by atoms with Gasteiger partial charge in [-0.1, -0.05) is 54.6 Å². The van der Waals surface area contributed by atoms with Crippen molar-refractivity contribution >= 4 is 27.7 Å². The number of aryl methyl sites for hydroxylation is 1. The Hall–Kier alpha value is -3.22. The largest absolute Gasteiger partial charge is 0.385 e. The second-order valence-corrected chi connectivity index (χ2v) is 9.99. The molecule has 4 aromatic rings. The highest BCUT2D eigenvalue weighted by Gasteiger charge is 2.29. The number of para-hydroxylation sites is 2. The SMILES string of the molecule is COCCCn1c([C@@H]2CCCN(C(=O)C[C@H](N)Cc3ccc4ccccc4c3)C2)nc2ccccc21. The highest BCUT2D eigenvalue weighted by molar-refractivity contribution is 5.83. The van der Waals surface area contributed by atoms with Crippen LogP contribution in [0.25, 0.3) is 21.8 Å². The fraction of sp³-hybridized carbons (Fsp3) is 0.400. The number of carbonyl (C=O) groups excluding carboxylic acids is 1. The third kappa shape index (κ3) is 5.45. The first-order chi connectivity index (χ1) is 17.6. The second-order valence-electron chi connectivity index (χ2n) is 9.99. The Morgan fingerprint density at radius 1 is 1.11 bits per heavy atom. The number of nitrogens with zero attached hydrogens (tertiary/aromatic N) is 3. The van der Waals surface area contributed by atoms with Crippen molar-refractivity contribution in [2.75, 3.05) is 26.8 Å². The Bertz CT molecular complexity index is 1330. The van der Waals surface area contributed by atoms with Crippen LogP contribution in [0, 0.1) is 0 Å². The number of hydrogen-bond donors (Lipinski definition) is 1. The highest BCUT2D eigenvalue weighted by Crippen LogP contribution is 2.30. The maximum atomic E-state index is 13.3. The van der Waals surface area contributed by atoms with E-state index in [9.17, 15) is 4.79 Å². The molecule has 1 aliphatic heterocycles. The van der Waals surface area contributed by atoms with Crippen LogP contribution in [0.2, 0.25) is 0 Å². The van der Waals surface area contributed by atoms with E-state index in [-0.39, 0.29) is 17.9 Å². The number of hydrogen-bond acceptors (Lipinski definition) is 4. The van der Waals surface area contributed by atoms with Gasteiger partial charge in [-0.25, -0.2) is 4.98 Å². The lowest BCUT2D eigenvalue weighted by atomic mass is 9.95. The highest BCUT2D eigenvalue weighted by atomic mass is 16.5. The number of imidazole rings is 1. The summed E-state index contributed by atoms with van der Waals surface area (Å²) in [4.78, 5) is 20.3. The van der Waals surface area contributed by atoms with Crippen molar-refractivity contribution in [3.8, 4) is 0 Å². The number of aromatic nitrogens is 2. The monoisotopic (exact) mass is 484 g/mol. The third-order valence-electron chi connectivity index (χ3n) is 7.30. The van der Waals surface area contributed by atoms with Crippen molar-refractivity contribution in [1.82, 2.24) is 14.5 Å². The Kier molecular flexibility index (Phi) is 7.63. The average Bonchev–Trinajstić information content (AvgIpc) is 3.27. The van der Waals surface area contributed by atoms with Crippen LogP contribution in [0.15, 0.2) is 66.7 Å². The smallest absolute Gasteiger partial charge is 0.224 e. The lowest BCUT2D eigenvalue weighted by Crippen LogP contribution is -2.42. The molecular formula is C30H36N4O2. The topological polar surface area (TPSA) is 73.4 Å². The van der Waals surface area contributed by atoms with Crippen molar-refractivity contribution < 1.29 is 9.53 Å². The van der Waals surface area contributed by atoms with Crippen LogP contribution in [0.4, 0.5) is 0 Å². The Morgan fingerprint density at radius 3 is 2.78 bits per heavy atom. The van der Waals surface area contributed by atoms with Gasteiger partial charge in [0.15, 0.2) is 0 Å². The number of rotatable bonds is 9. The molecule has 0 bridgehead atoms. The quantitative estimate of drug-likeness (QED) is 0.343. The molecule has 6 nitrogen and oxygen atoms in total. The summed E-state index contributed by atoms with van der Waals surface area (Å²) in [5.74, 6) is 1.47. The van der Waals surface area contributed by atoms with E-state index in [0.29, 0.717) is 19.4 Å². The van der Waals surface area contributed by atoms with Crippen LogP contribution in [0.1, 0.15) is 43.0 Å². The third-order valence-corrected chi connectivity index (χ3v) is 7.30. The molecule has 0 aliphatic carbocycles. The number of amides is 1. The van der Waals surface area contributed by atoms with E-state index in [2.05, 4.69) is 53.1 Å². The van der Waals surface area contributed by atoms with E-state index in [1.165, 1.54) is 16.3 Å². The molecule has 0 unspecified atom stereocenters. The molecule has 188 valence electrons. The number of carbonyl (C=O) groups is 1. The maximum Gasteiger partial charge on any atom is 0.224 e. The first-order valence-corrected chi connectivity index (χ1v) is 13.1. The normalized spacial score (nSPS) is 17.1. The van der Waals surface area contributed by atoms with Gasteiger partial charge in [-0.2, -0.15) is 0 Å². The van der Waals surface area contributed by atoms with Gasteiger partial charge < -0.3 is 19.9 Å². The number of nitrogens with two attached hydrogens (primary N) is 1. The molecule has 1 aliphatic rings. The van der Waals surface area contributed by atoms with Crippen molar-refractivity contribution in [3.05, 3.63) is 78.1 Å². The van der Waals surface area contributed by atoms with Crippen LogP contribution in [0.5, 0.6) is 0 Å². The number of methoxy groups -OCH3 is 1. The molecule has 1 saturated heterocycles. The minimum atomic E-state index is -0.197. The number of fused-ring (bicyclic) bond motifs is 2. The van der Waals surface area contributed by atoms with Crippen LogP contribution < -0.4 is 5.73 Å². The van der Waals surface area contributed by atoms with Crippen molar-refractivity contribution in [1.29, 1.82) is 0 Å². The average molecular weight is 485 g/mol. The summed E-state index contributed by atoms with van der Waals surface area (Å²) in [6.07, 6.45) is 4.02. The molecule has 0 radical (unpaired) electrons. The van der Waals surface area contributed by atoms with E-state index >= 15 is 0 Å². The van der Waals surface area contributed by atoms with Crippen LogP contribution in [0.3, 0.4) is 0 Å². The van der Waals surface area contributed by atoms with Crippen molar-refractivity contribution in [3.63, 3.8) is 0 Å². The van der Waals surface area contributed by atoms with E-state index in [1.54, 1.807) is 7.11 Å². The number of ether oxygens (including phenoxy) is 1. The number of likely N-dealkylation sites (tertiary alicyclic amines) is 1. The van der Waals surface area contributed by atoms with E-state index in [0.717, 1.165) is 55.8 Å². The van der Waals surface area contributed by atoms with Crippen molar-refractivity contribution in [2.24, 2.45) is 5.73 Å². The van der Waals surface area contributed by atoms with Gasteiger partial charge in [0, 0.05) is 51.7 Å². The minimum absolute atomic E-state index is 0.148.